The molecule has 1 aromatic rings. The summed E-state index contributed by atoms with van der Waals surface area (Å²) in [5.74, 6) is -0.837. The molecule has 20 heavy (non-hydrogen) atoms. The van der Waals surface area contributed by atoms with E-state index in [0.717, 1.165) is 0 Å². The number of amides is 1. The van der Waals surface area contributed by atoms with Gasteiger partial charge in [0.15, 0.2) is 0 Å². The molecule has 108 valence electrons. The molecule has 2 saturated heterocycles. The standard InChI is InChI=1S/C10H12N4O3S3/c11-4-7(15)14-1-10(9(16)17,2-19-8(4)14)5(18)6-13-12-3-20-6/h3-5,8,18H,1-2,11H2,(H,16,17)/t4?,5?,8-,10?/m1/s1. The maximum absolute atomic E-state index is 11.8. The van der Waals surface area contributed by atoms with E-state index in [4.69, 9.17) is 5.73 Å². The van der Waals surface area contributed by atoms with Gasteiger partial charge in [-0.1, -0.05) is 0 Å². The molecule has 1 aromatic heterocycles. The Morgan fingerprint density at radius 3 is 3.05 bits per heavy atom. The molecule has 2 aliphatic heterocycles. The number of aromatic nitrogens is 2. The average Bonchev–Trinajstić information content (AvgIpc) is 2.98. The third kappa shape index (κ3) is 1.85. The highest BCUT2D eigenvalue weighted by Gasteiger charge is 2.58. The van der Waals surface area contributed by atoms with E-state index >= 15 is 0 Å². The lowest BCUT2D eigenvalue weighted by Gasteiger charge is -2.53. The smallest absolute Gasteiger partial charge is 0.313 e. The van der Waals surface area contributed by atoms with Crippen LogP contribution < -0.4 is 5.73 Å². The predicted octanol–water partition coefficient (Wildman–Crippen LogP) is -0.178. The van der Waals surface area contributed by atoms with Crippen molar-refractivity contribution in [3.8, 4) is 0 Å². The molecule has 0 aromatic carbocycles. The summed E-state index contributed by atoms with van der Waals surface area (Å²) in [4.78, 5) is 25.1. The number of β-lactam (4-membered cyclic amide) rings is 1. The Bertz CT molecular complexity index is 554. The van der Waals surface area contributed by atoms with Crippen molar-refractivity contribution >= 4 is 47.6 Å². The average molecular weight is 332 g/mol. The fraction of sp³-hybridized carbons (Fsp3) is 0.600. The normalized spacial score (nSPS) is 34.3. The number of thioether (sulfide) groups is 1. The minimum Gasteiger partial charge on any atom is -0.481 e. The van der Waals surface area contributed by atoms with Gasteiger partial charge >= 0.3 is 5.97 Å². The molecule has 4 atom stereocenters. The second-order valence-corrected chi connectivity index (χ2v) is 7.32. The first-order chi connectivity index (χ1) is 9.47. The molecule has 3 rings (SSSR count). The summed E-state index contributed by atoms with van der Waals surface area (Å²) in [6.45, 7) is 0.111. The third-order valence-corrected chi connectivity index (χ3v) is 6.95. The Labute approximate surface area is 128 Å². The lowest BCUT2D eigenvalue weighted by atomic mass is 9.83. The fourth-order valence-electron chi connectivity index (χ4n) is 2.44. The van der Waals surface area contributed by atoms with Crippen LogP contribution in [-0.2, 0) is 9.59 Å². The minimum atomic E-state index is -1.17. The number of rotatable bonds is 3. The number of fused-ring (bicyclic) bond motifs is 1. The van der Waals surface area contributed by atoms with E-state index in [2.05, 4.69) is 22.8 Å². The number of carbonyl (C=O) groups is 2. The topological polar surface area (TPSA) is 109 Å². The molecule has 2 fully saturated rings. The van der Waals surface area contributed by atoms with Gasteiger partial charge < -0.3 is 15.7 Å². The molecule has 0 saturated carbocycles. The van der Waals surface area contributed by atoms with E-state index < -0.39 is 22.7 Å². The van der Waals surface area contributed by atoms with Crippen molar-refractivity contribution in [1.82, 2.24) is 15.1 Å². The fourth-order valence-corrected chi connectivity index (χ4v) is 5.27. The molecule has 3 heterocycles. The second-order valence-electron chi connectivity index (χ2n) is 4.83. The summed E-state index contributed by atoms with van der Waals surface area (Å²) in [7, 11) is 0. The summed E-state index contributed by atoms with van der Waals surface area (Å²) < 4.78 is 0. The molecular formula is C10H12N4O3S3. The number of aliphatic carboxylic acids is 1. The first kappa shape index (κ1) is 14.1. The molecule has 0 bridgehead atoms. The Hall–Kier alpha value is -0.840. The summed E-state index contributed by atoms with van der Waals surface area (Å²) in [6.07, 6.45) is 0. The molecule has 0 spiro atoms. The number of nitrogens with two attached hydrogens (primary N) is 1. The Morgan fingerprint density at radius 2 is 2.45 bits per heavy atom. The van der Waals surface area contributed by atoms with Gasteiger partial charge in [0.2, 0.25) is 5.91 Å². The maximum Gasteiger partial charge on any atom is 0.313 e. The van der Waals surface area contributed by atoms with Gasteiger partial charge in [-0.3, -0.25) is 9.59 Å². The van der Waals surface area contributed by atoms with E-state index in [-0.39, 0.29) is 17.8 Å². The van der Waals surface area contributed by atoms with Gasteiger partial charge in [-0.25, -0.2) is 0 Å². The zero-order chi connectivity index (χ0) is 14.5. The highest BCUT2D eigenvalue weighted by atomic mass is 32.2. The quantitative estimate of drug-likeness (QED) is 0.520. The molecule has 3 N–H and O–H groups in total. The number of hydrogen-bond donors (Lipinski definition) is 3. The van der Waals surface area contributed by atoms with Crippen molar-refractivity contribution in [3.05, 3.63) is 10.5 Å². The summed E-state index contributed by atoms with van der Waals surface area (Å²) in [5, 5.41) is 17.1. The summed E-state index contributed by atoms with van der Waals surface area (Å²) in [6, 6.07) is -0.522. The third-order valence-electron chi connectivity index (χ3n) is 3.71. The van der Waals surface area contributed by atoms with Gasteiger partial charge in [0, 0.05) is 12.3 Å². The second kappa shape index (κ2) is 4.86. The Morgan fingerprint density at radius 1 is 1.70 bits per heavy atom. The van der Waals surface area contributed by atoms with Crippen LogP contribution in [0.3, 0.4) is 0 Å². The number of hydrogen-bond acceptors (Lipinski definition) is 8. The minimum absolute atomic E-state index is 0.111. The molecule has 1 amide bonds. The predicted molar refractivity (Wildman–Crippen MR) is 77.6 cm³/mol. The van der Waals surface area contributed by atoms with Gasteiger partial charge in [-0.15, -0.1) is 33.3 Å². The van der Waals surface area contributed by atoms with Gasteiger partial charge in [-0.05, 0) is 0 Å². The van der Waals surface area contributed by atoms with Crippen molar-refractivity contribution in [3.63, 3.8) is 0 Å². The van der Waals surface area contributed by atoms with Crippen LogP contribution in [0.2, 0.25) is 0 Å². The first-order valence-electron chi connectivity index (χ1n) is 5.82. The van der Waals surface area contributed by atoms with Crippen LogP contribution >= 0.6 is 35.7 Å². The van der Waals surface area contributed by atoms with Crippen molar-refractivity contribution in [1.29, 1.82) is 0 Å². The van der Waals surface area contributed by atoms with E-state index in [9.17, 15) is 14.7 Å². The van der Waals surface area contributed by atoms with Crippen molar-refractivity contribution < 1.29 is 14.7 Å². The van der Waals surface area contributed by atoms with Crippen LogP contribution in [-0.4, -0.2) is 55.8 Å². The first-order valence-corrected chi connectivity index (χ1v) is 8.27. The van der Waals surface area contributed by atoms with Gasteiger partial charge in [-0.2, -0.15) is 12.6 Å². The van der Waals surface area contributed by atoms with Crippen LogP contribution in [0.5, 0.6) is 0 Å². The van der Waals surface area contributed by atoms with E-state index in [1.54, 1.807) is 0 Å². The molecular weight excluding hydrogens is 320 g/mol. The number of thiol groups is 1. The van der Waals surface area contributed by atoms with Gasteiger partial charge in [0.1, 0.15) is 27.3 Å². The van der Waals surface area contributed by atoms with Crippen LogP contribution in [0, 0.1) is 5.41 Å². The molecule has 3 unspecified atom stereocenters. The van der Waals surface area contributed by atoms with Crippen LogP contribution in [0.15, 0.2) is 5.51 Å². The zero-order valence-electron chi connectivity index (χ0n) is 10.2. The molecule has 7 nitrogen and oxygen atoms in total. The molecule has 0 radical (unpaired) electrons. The van der Waals surface area contributed by atoms with Gasteiger partial charge in [0.05, 0.1) is 5.25 Å². The highest BCUT2D eigenvalue weighted by Crippen LogP contribution is 2.50. The van der Waals surface area contributed by atoms with E-state index in [1.807, 2.05) is 0 Å². The Balaban J connectivity index is 1.90. The maximum atomic E-state index is 11.8. The van der Waals surface area contributed by atoms with Crippen molar-refractivity contribution in [2.45, 2.75) is 16.7 Å². The monoisotopic (exact) mass is 332 g/mol. The largest absolute Gasteiger partial charge is 0.481 e. The Kier molecular flexibility index (Phi) is 3.43. The van der Waals surface area contributed by atoms with Crippen molar-refractivity contribution in [2.75, 3.05) is 12.3 Å². The van der Waals surface area contributed by atoms with Crippen LogP contribution in [0.1, 0.15) is 10.3 Å². The molecule has 10 heteroatoms. The van der Waals surface area contributed by atoms with Crippen LogP contribution in [0.25, 0.3) is 0 Å². The lowest BCUT2D eigenvalue weighted by Crippen LogP contribution is -2.72. The van der Waals surface area contributed by atoms with E-state index in [0.29, 0.717) is 10.8 Å². The number of nitrogens with zero attached hydrogens (tertiary/aromatic N) is 3. The summed E-state index contributed by atoms with van der Waals surface area (Å²) in [5.41, 5.74) is 6.09. The molecule has 2 aliphatic rings. The lowest BCUT2D eigenvalue weighted by molar-refractivity contribution is -0.156. The number of carboxylic acid groups (broad SMARTS) is 1. The van der Waals surface area contributed by atoms with Gasteiger partial charge in [0.25, 0.3) is 0 Å². The number of carbonyl (C=O) groups excluding carboxylic acids is 1. The SMILES string of the molecule is NC1C(=O)N2CC(C(=O)O)(C(S)c3nncs3)CS[C@H]12. The zero-order valence-corrected chi connectivity index (χ0v) is 12.7. The highest BCUT2D eigenvalue weighted by molar-refractivity contribution is 8.00. The summed E-state index contributed by atoms with van der Waals surface area (Å²) >= 11 is 7.10. The van der Waals surface area contributed by atoms with Crippen LogP contribution in [0.4, 0.5) is 0 Å². The van der Waals surface area contributed by atoms with E-state index in [1.165, 1.54) is 33.5 Å². The van der Waals surface area contributed by atoms with Crippen molar-refractivity contribution in [2.24, 2.45) is 11.1 Å². The molecule has 0 aliphatic carbocycles. The number of carboxylic acids is 1.